The predicted octanol–water partition coefficient (Wildman–Crippen LogP) is 4.88. The highest BCUT2D eigenvalue weighted by atomic mass is 16.2. The van der Waals surface area contributed by atoms with Gasteiger partial charge < -0.3 is 19.6 Å². The number of hydrogen-bond donors (Lipinski definition) is 0. The Kier molecular flexibility index (Phi) is 5.68. The fourth-order valence-corrected chi connectivity index (χ4v) is 7.71. The van der Waals surface area contributed by atoms with Crippen LogP contribution in [-0.2, 0) is 19.2 Å². The summed E-state index contributed by atoms with van der Waals surface area (Å²) >= 11 is 0. The summed E-state index contributed by atoms with van der Waals surface area (Å²) in [6.07, 6.45) is 0. The van der Waals surface area contributed by atoms with Crippen molar-refractivity contribution in [2.45, 2.75) is 63.5 Å². The zero-order chi connectivity index (χ0) is 29.8. The smallest absolute Gasteiger partial charge is 0.236 e. The molecule has 0 N–H and O–H groups in total. The van der Waals surface area contributed by atoms with Gasteiger partial charge in [0.1, 0.15) is 0 Å². The molecule has 7 rings (SSSR count). The molecular weight excluding hydrogens is 528 g/mol. The molecular formula is C34H34N4O4. The van der Waals surface area contributed by atoms with Gasteiger partial charge >= 0.3 is 0 Å². The molecule has 0 spiro atoms. The summed E-state index contributed by atoms with van der Waals surface area (Å²) < 4.78 is 0. The number of carbonyl (C=O) groups excluding carboxylic acids is 4. The quantitative estimate of drug-likeness (QED) is 0.454. The zero-order valence-corrected chi connectivity index (χ0v) is 24.7. The number of fused-ring (bicyclic) bond motifs is 4. The van der Waals surface area contributed by atoms with Crippen LogP contribution in [0.15, 0.2) is 60.7 Å². The second kappa shape index (κ2) is 9.02. The Bertz CT molecular complexity index is 1590. The van der Waals surface area contributed by atoms with Crippen molar-refractivity contribution in [2.24, 2.45) is 0 Å². The van der Waals surface area contributed by atoms with E-state index in [0.29, 0.717) is 11.4 Å². The highest BCUT2D eigenvalue weighted by molar-refractivity contribution is 6.17. The van der Waals surface area contributed by atoms with Crippen molar-refractivity contribution in [3.05, 3.63) is 82.9 Å². The van der Waals surface area contributed by atoms with Crippen LogP contribution in [0.4, 0.5) is 22.7 Å². The molecule has 3 aromatic rings. The first kappa shape index (κ1) is 26.4. The molecule has 4 amide bonds. The van der Waals surface area contributed by atoms with Crippen molar-refractivity contribution in [3.8, 4) is 0 Å². The van der Waals surface area contributed by atoms with Crippen molar-refractivity contribution in [3.63, 3.8) is 0 Å². The second-order valence-electron chi connectivity index (χ2n) is 12.4. The lowest BCUT2D eigenvalue weighted by Gasteiger charge is -2.23. The van der Waals surface area contributed by atoms with E-state index in [9.17, 15) is 19.2 Å². The van der Waals surface area contributed by atoms with Crippen LogP contribution < -0.4 is 19.6 Å². The number of anilines is 4. The van der Waals surface area contributed by atoms with E-state index in [1.54, 1.807) is 33.7 Å². The summed E-state index contributed by atoms with van der Waals surface area (Å²) in [4.78, 5) is 62.5. The summed E-state index contributed by atoms with van der Waals surface area (Å²) in [6.45, 7) is 7.91. The number of likely N-dealkylation sites (N-methyl/N-ethyl adjacent to an activating group) is 2. The molecule has 0 saturated heterocycles. The molecule has 0 aromatic heterocycles. The van der Waals surface area contributed by atoms with E-state index in [-0.39, 0.29) is 35.7 Å². The minimum absolute atomic E-state index is 0.0564. The van der Waals surface area contributed by atoms with Crippen LogP contribution >= 0.6 is 0 Å². The minimum atomic E-state index is -0.708. The Morgan fingerprint density at radius 1 is 0.476 bits per heavy atom. The van der Waals surface area contributed by atoms with E-state index >= 15 is 0 Å². The number of benzene rings is 3. The highest BCUT2D eigenvalue weighted by Crippen LogP contribution is 2.56. The Morgan fingerprint density at radius 3 is 1.17 bits per heavy atom. The third kappa shape index (κ3) is 3.29. The molecule has 0 bridgehead atoms. The molecule has 0 fully saturated rings. The van der Waals surface area contributed by atoms with Crippen LogP contribution in [0.25, 0.3) is 0 Å². The van der Waals surface area contributed by atoms with Gasteiger partial charge in [0.25, 0.3) is 0 Å². The summed E-state index contributed by atoms with van der Waals surface area (Å²) in [6, 6.07) is 19.1. The Labute approximate surface area is 245 Å². The largest absolute Gasteiger partial charge is 0.315 e. The summed E-state index contributed by atoms with van der Waals surface area (Å²) in [7, 11) is 3.45. The number of rotatable bonds is 4. The van der Waals surface area contributed by atoms with E-state index in [2.05, 4.69) is 0 Å². The number of hydrogen-bond acceptors (Lipinski definition) is 4. The van der Waals surface area contributed by atoms with Gasteiger partial charge in [0.2, 0.25) is 23.6 Å². The monoisotopic (exact) mass is 562 g/mol. The first-order chi connectivity index (χ1) is 20.0. The van der Waals surface area contributed by atoms with Gasteiger partial charge in [0.15, 0.2) is 0 Å². The van der Waals surface area contributed by atoms with Gasteiger partial charge in [-0.2, -0.15) is 0 Å². The fourth-order valence-electron chi connectivity index (χ4n) is 7.71. The minimum Gasteiger partial charge on any atom is -0.315 e. The van der Waals surface area contributed by atoms with E-state index in [1.165, 1.54) is 0 Å². The maximum absolute atomic E-state index is 13.9. The summed E-state index contributed by atoms with van der Waals surface area (Å²) in [5.41, 5.74) is 6.22. The van der Waals surface area contributed by atoms with E-state index in [1.807, 2.05) is 88.4 Å². The lowest BCUT2D eigenvalue weighted by atomic mass is 9.80. The average Bonchev–Trinajstić information content (AvgIpc) is 3.58. The molecule has 3 aromatic carbocycles. The predicted molar refractivity (Wildman–Crippen MR) is 162 cm³/mol. The van der Waals surface area contributed by atoms with Gasteiger partial charge in [0, 0.05) is 48.9 Å². The fraction of sp³-hybridized carbons (Fsp3) is 0.353. The molecule has 4 aliphatic rings. The normalized spacial score (nSPS) is 24.4. The SMILES string of the molecule is CC(C)N1C(=O)C(C2C(=O)N(C)c3cc4c(cc32)N(C)C(=O)C4C2C(=O)N(C(C)C)c3ccccc32)c2ccccc21. The van der Waals surface area contributed by atoms with Crippen LogP contribution in [-0.4, -0.2) is 49.8 Å². The summed E-state index contributed by atoms with van der Waals surface area (Å²) in [5, 5.41) is 0. The number of nitrogens with zero attached hydrogens (tertiary/aromatic N) is 4. The topological polar surface area (TPSA) is 81.2 Å². The van der Waals surface area contributed by atoms with Crippen molar-refractivity contribution >= 4 is 46.4 Å². The Hall–Kier alpha value is -4.46. The van der Waals surface area contributed by atoms with Crippen LogP contribution in [0, 0.1) is 0 Å². The molecule has 214 valence electrons. The number of amides is 4. The van der Waals surface area contributed by atoms with Crippen LogP contribution in [0.3, 0.4) is 0 Å². The van der Waals surface area contributed by atoms with Gasteiger partial charge in [-0.25, -0.2) is 0 Å². The van der Waals surface area contributed by atoms with Crippen molar-refractivity contribution in [1.29, 1.82) is 0 Å². The summed E-state index contributed by atoms with van der Waals surface area (Å²) in [5.74, 6) is -3.19. The first-order valence-corrected chi connectivity index (χ1v) is 14.6. The van der Waals surface area contributed by atoms with Gasteiger partial charge in [-0.1, -0.05) is 36.4 Å². The molecule has 42 heavy (non-hydrogen) atoms. The average molecular weight is 563 g/mol. The third-order valence-electron chi connectivity index (χ3n) is 9.53. The molecule has 4 aliphatic heterocycles. The highest BCUT2D eigenvalue weighted by Gasteiger charge is 2.54. The third-order valence-corrected chi connectivity index (χ3v) is 9.53. The number of para-hydroxylation sites is 2. The van der Waals surface area contributed by atoms with E-state index in [0.717, 1.165) is 33.6 Å². The Balaban J connectivity index is 1.36. The molecule has 4 heterocycles. The van der Waals surface area contributed by atoms with Gasteiger partial charge in [-0.3, -0.25) is 19.2 Å². The molecule has 8 heteroatoms. The van der Waals surface area contributed by atoms with Crippen LogP contribution in [0.1, 0.15) is 73.6 Å². The second-order valence-corrected chi connectivity index (χ2v) is 12.4. The molecule has 4 unspecified atom stereocenters. The lowest BCUT2D eigenvalue weighted by molar-refractivity contribution is -0.125. The maximum Gasteiger partial charge on any atom is 0.236 e. The van der Waals surface area contributed by atoms with Gasteiger partial charge in [0.05, 0.1) is 23.7 Å². The Morgan fingerprint density at radius 2 is 0.810 bits per heavy atom. The van der Waals surface area contributed by atoms with Crippen molar-refractivity contribution < 1.29 is 19.2 Å². The zero-order valence-electron chi connectivity index (χ0n) is 24.7. The van der Waals surface area contributed by atoms with Gasteiger partial charge in [-0.15, -0.1) is 0 Å². The molecule has 0 saturated carbocycles. The van der Waals surface area contributed by atoms with Gasteiger partial charge in [-0.05, 0) is 74.2 Å². The molecule has 8 nitrogen and oxygen atoms in total. The maximum atomic E-state index is 13.9. The van der Waals surface area contributed by atoms with Crippen LogP contribution in [0.2, 0.25) is 0 Å². The van der Waals surface area contributed by atoms with E-state index in [4.69, 9.17) is 0 Å². The molecule has 0 aliphatic carbocycles. The molecule has 4 atom stereocenters. The molecule has 0 radical (unpaired) electrons. The van der Waals surface area contributed by atoms with Crippen LogP contribution in [0.5, 0.6) is 0 Å². The van der Waals surface area contributed by atoms with E-state index < -0.39 is 23.7 Å². The first-order valence-electron chi connectivity index (χ1n) is 14.6. The standard InChI is InChI=1S/C34H34N4O4/c1-17(2)37-23-13-9-7-11-19(23)27(33(37)41)29-21-15-26-22(16-25(21)35(5)31(29)39)30(32(40)36(26)6)28-20-12-8-10-14-24(20)38(18(3)4)34(28)42/h7-18,27-30H,1-6H3. The lowest BCUT2D eigenvalue weighted by Crippen LogP contribution is -2.38. The van der Waals surface area contributed by atoms with Crippen molar-refractivity contribution in [1.82, 2.24) is 0 Å². The number of carbonyl (C=O) groups is 4. The van der Waals surface area contributed by atoms with Crippen molar-refractivity contribution in [2.75, 3.05) is 33.7 Å².